The molecule has 2 rings (SSSR count). The fourth-order valence-electron chi connectivity index (χ4n) is 1.61. The van der Waals surface area contributed by atoms with Gasteiger partial charge in [0.1, 0.15) is 5.75 Å². The van der Waals surface area contributed by atoms with E-state index >= 15 is 0 Å². The standard InChI is InChI=1S/C14H14FNO2/c1-17-12-5-3-4-10(8-12)16-11-6-7-14(18-2)13(15)9-11/h3-9,16H,1-2H3. The highest BCUT2D eigenvalue weighted by molar-refractivity contribution is 5.62. The van der Waals surface area contributed by atoms with Crippen LogP contribution in [0.25, 0.3) is 0 Å². The van der Waals surface area contributed by atoms with Crippen LogP contribution < -0.4 is 14.8 Å². The lowest BCUT2D eigenvalue weighted by Gasteiger charge is -2.09. The van der Waals surface area contributed by atoms with Crippen LogP contribution in [0.2, 0.25) is 0 Å². The van der Waals surface area contributed by atoms with E-state index in [0.717, 1.165) is 11.4 Å². The molecule has 0 saturated carbocycles. The third-order valence-corrected chi connectivity index (χ3v) is 2.51. The molecule has 2 aromatic rings. The lowest BCUT2D eigenvalue weighted by atomic mass is 10.2. The summed E-state index contributed by atoms with van der Waals surface area (Å²) >= 11 is 0. The van der Waals surface area contributed by atoms with Crippen LogP contribution in [0.4, 0.5) is 15.8 Å². The Kier molecular flexibility index (Phi) is 3.67. The van der Waals surface area contributed by atoms with E-state index < -0.39 is 5.82 Å². The predicted octanol–water partition coefficient (Wildman–Crippen LogP) is 3.59. The SMILES string of the molecule is COc1cccc(Nc2ccc(OC)c(F)c2)c1. The Morgan fingerprint density at radius 3 is 2.39 bits per heavy atom. The van der Waals surface area contributed by atoms with Crippen molar-refractivity contribution in [3.8, 4) is 11.5 Å². The summed E-state index contributed by atoms with van der Waals surface area (Å²) in [7, 11) is 3.04. The van der Waals surface area contributed by atoms with Gasteiger partial charge in [-0.25, -0.2) is 4.39 Å². The summed E-state index contributed by atoms with van der Waals surface area (Å²) in [6, 6.07) is 12.1. The summed E-state index contributed by atoms with van der Waals surface area (Å²) in [6.45, 7) is 0. The van der Waals surface area contributed by atoms with Crippen molar-refractivity contribution in [3.05, 3.63) is 48.3 Å². The molecule has 0 aromatic heterocycles. The van der Waals surface area contributed by atoms with Crippen LogP contribution in [0.5, 0.6) is 11.5 Å². The average molecular weight is 247 g/mol. The molecule has 0 atom stereocenters. The third kappa shape index (κ3) is 2.71. The van der Waals surface area contributed by atoms with Crippen molar-refractivity contribution < 1.29 is 13.9 Å². The van der Waals surface area contributed by atoms with Crippen molar-refractivity contribution in [2.45, 2.75) is 0 Å². The summed E-state index contributed by atoms with van der Waals surface area (Å²) in [5.74, 6) is 0.575. The van der Waals surface area contributed by atoms with Crippen LogP contribution in [-0.4, -0.2) is 14.2 Å². The summed E-state index contributed by atoms with van der Waals surface area (Å²) in [5.41, 5.74) is 1.49. The minimum absolute atomic E-state index is 0.228. The van der Waals surface area contributed by atoms with Gasteiger partial charge in [0.15, 0.2) is 11.6 Å². The van der Waals surface area contributed by atoms with E-state index in [1.807, 2.05) is 24.3 Å². The summed E-state index contributed by atoms with van der Waals surface area (Å²) in [6.07, 6.45) is 0. The van der Waals surface area contributed by atoms with E-state index in [1.54, 1.807) is 19.2 Å². The van der Waals surface area contributed by atoms with Crippen molar-refractivity contribution in [1.82, 2.24) is 0 Å². The number of nitrogens with one attached hydrogen (secondary N) is 1. The molecule has 0 spiro atoms. The molecule has 0 saturated heterocycles. The molecule has 0 amide bonds. The largest absolute Gasteiger partial charge is 0.497 e. The molecule has 4 heteroatoms. The van der Waals surface area contributed by atoms with Crippen LogP contribution in [0, 0.1) is 5.82 Å². The number of rotatable bonds is 4. The zero-order valence-electron chi connectivity index (χ0n) is 10.2. The molecule has 0 aliphatic heterocycles. The lowest BCUT2D eigenvalue weighted by molar-refractivity contribution is 0.386. The van der Waals surface area contributed by atoms with Crippen LogP contribution in [0.3, 0.4) is 0 Å². The minimum atomic E-state index is -0.398. The number of hydrogen-bond acceptors (Lipinski definition) is 3. The monoisotopic (exact) mass is 247 g/mol. The highest BCUT2D eigenvalue weighted by Crippen LogP contribution is 2.25. The molecule has 3 nitrogen and oxygen atoms in total. The summed E-state index contributed by atoms with van der Waals surface area (Å²) < 4.78 is 23.5. The molecule has 0 unspecified atom stereocenters. The van der Waals surface area contributed by atoms with Crippen LogP contribution in [-0.2, 0) is 0 Å². The lowest BCUT2D eigenvalue weighted by Crippen LogP contribution is -1.94. The first kappa shape index (κ1) is 12.2. The smallest absolute Gasteiger partial charge is 0.167 e. The topological polar surface area (TPSA) is 30.5 Å². The molecule has 2 aromatic carbocycles. The van der Waals surface area contributed by atoms with Gasteiger partial charge in [-0.05, 0) is 24.3 Å². The van der Waals surface area contributed by atoms with E-state index in [0.29, 0.717) is 5.69 Å². The van der Waals surface area contributed by atoms with Gasteiger partial charge in [0.2, 0.25) is 0 Å². The molecule has 0 fully saturated rings. The van der Waals surface area contributed by atoms with Gasteiger partial charge >= 0.3 is 0 Å². The van der Waals surface area contributed by atoms with Gasteiger partial charge < -0.3 is 14.8 Å². The Morgan fingerprint density at radius 1 is 0.944 bits per heavy atom. The van der Waals surface area contributed by atoms with Crippen molar-refractivity contribution in [1.29, 1.82) is 0 Å². The number of halogens is 1. The summed E-state index contributed by atoms with van der Waals surface area (Å²) in [4.78, 5) is 0. The molecule has 94 valence electrons. The maximum Gasteiger partial charge on any atom is 0.167 e. The van der Waals surface area contributed by atoms with E-state index in [1.165, 1.54) is 13.2 Å². The van der Waals surface area contributed by atoms with Crippen molar-refractivity contribution in [2.24, 2.45) is 0 Å². The first-order valence-corrected chi connectivity index (χ1v) is 5.47. The number of anilines is 2. The van der Waals surface area contributed by atoms with E-state index in [-0.39, 0.29) is 5.75 Å². The van der Waals surface area contributed by atoms with E-state index in [4.69, 9.17) is 9.47 Å². The van der Waals surface area contributed by atoms with Gasteiger partial charge in [-0.15, -0.1) is 0 Å². The second kappa shape index (κ2) is 5.40. The molecule has 0 heterocycles. The Bertz CT molecular complexity index is 543. The van der Waals surface area contributed by atoms with Crippen molar-refractivity contribution in [2.75, 3.05) is 19.5 Å². The van der Waals surface area contributed by atoms with Gasteiger partial charge in [0, 0.05) is 23.5 Å². The first-order valence-electron chi connectivity index (χ1n) is 5.47. The molecular weight excluding hydrogens is 233 g/mol. The maximum atomic E-state index is 13.5. The molecule has 0 aliphatic rings. The first-order chi connectivity index (χ1) is 8.72. The molecule has 18 heavy (non-hydrogen) atoms. The Hall–Kier alpha value is -2.23. The second-order valence-electron chi connectivity index (χ2n) is 3.71. The van der Waals surface area contributed by atoms with Crippen molar-refractivity contribution >= 4 is 11.4 Å². The van der Waals surface area contributed by atoms with Crippen molar-refractivity contribution in [3.63, 3.8) is 0 Å². The van der Waals surface area contributed by atoms with Gasteiger partial charge in [-0.1, -0.05) is 6.07 Å². The fourth-order valence-corrected chi connectivity index (χ4v) is 1.61. The average Bonchev–Trinajstić information content (AvgIpc) is 2.39. The molecular formula is C14H14FNO2. The fraction of sp³-hybridized carbons (Fsp3) is 0.143. The molecule has 0 bridgehead atoms. The van der Waals surface area contributed by atoms with Gasteiger partial charge in [-0.3, -0.25) is 0 Å². The molecule has 0 radical (unpaired) electrons. The Balaban J connectivity index is 2.20. The zero-order valence-corrected chi connectivity index (χ0v) is 10.2. The van der Waals surface area contributed by atoms with E-state index in [9.17, 15) is 4.39 Å². The second-order valence-corrected chi connectivity index (χ2v) is 3.71. The van der Waals surface area contributed by atoms with Gasteiger partial charge in [-0.2, -0.15) is 0 Å². The number of benzene rings is 2. The third-order valence-electron chi connectivity index (χ3n) is 2.51. The quantitative estimate of drug-likeness (QED) is 0.895. The predicted molar refractivity (Wildman–Crippen MR) is 69.2 cm³/mol. The Morgan fingerprint density at radius 2 is 1.72 bits per heavy atom. The van der Waals surface area contributed by atoms with Crippen LogP contribution in [0.1, 0.15) is 0 Å². The normalized spacial score (nSPS) is 9.94. The molecule has 0 aliphatic carbocycles. The number of ether oxygens (including phenoxy) is 2. The summed E-state index contributed by atoms with van der Waals surface area (Å²) in [5, 5.41) is 3.10. The van der Waals surface area contributed by atoms with Gasteiger partial charge in [0.05, 0.1) is 14.2 Å². The zero-order chi connectivity index (χ0) is 13.0. The van der Waals surface area contributed by atoms with Crippen LogP contribution in [0.15, 0.2) is 42.5 Å². The highest BCUT2D eigenvalue weighted by Gasteiger charge is 2.03. The minimum Gasteiger partial charge on any atom is -0.497 e. The highest BCUT2D eigenvalue weighted by atomic mass is 19.1. The number of methoxy groups -OCH3 is 2. The number of hydrogen-bond donors (Lipinski definition) is 1. The van der Waals surface area contributed by atoms with E-state index in [2.05, 4.69) is 5.32 Å². The maximum absolute atomic E-state index is 13.5. The van der Waals surface area contributed by atoms with Gasteiger partial charge in [0.25, 0.3) is 0 Å². The van der Waals surface area contributed by atoms with Crippen LogP contribution >= 0.6 is 0 Å². The molecule has 1 N–H and O–H groups in total. The Labute approximate surface area is 105 Å².